The highest BCUT2D eigenvalue weighted by Gasteiger charge is 2.25. The van der Waals surface area contributed by atoms with Crippen molar-refractivity contribution < 1.29 is 0 Å². The van der Waals surface area contributed by atoms with E-state index in [0.29, 0.717) is 5.41 Å². The molecule has 1 heteroatoms. The van der Waals surface area contributed by atoms with Crippen molar-refractivity contribution in [1.82, 2.24) is 4.90 Å². The average molecular weight is 249 g/mol. The Morgan fingerprint density at radius 2 is 1.56 bits per heavy atom. The molecular formula is C17H31N. The summed E-state index contributed by atoms with van der Waals surface area (Å²) in [6, 6.07) is 10.9. The Kier molecular flexibility index (Phi) is 8.74. The largest absolute Gasteiger partial charge is 0.309 e. The minimum Gasteiger partial charge on any atom is -0.309 e. The van der Waals surface area contributed by atoms with Crippen LogP contribution in [0.2, 0.25) is 0 Å². The number of hydrogen-bond acceptors (Lipinski definition) is 1. The number of hydrogen-bond donors (Lipinski definition) is 0. The van der Waals surface area contributed by atoms with E-state index in [2.05, 4.69) is 63.2 Å². The summed E-state index contributed by atoms with van der Waals surface area (Å²) in [7, 11) is 4.30. The molecule has 0 bridgehead atoms. The molecule has 1 aromatic rings. The molecule has 1 atom stereocenters. The molecule has 104 valence electrons. The van der Waals surface area contributed by atoms with Crippen molar-refractivity contribution in [3.8, 4) is 0 Å². The second kappa shape index (κ2) is 9.16. The summed E-state index contributed by atoms with van der Waals surface area (Å²) >= 11 is 0. The number of rotatable bonds is 6. The molecule has 18 heavy (non-hydrogen) atoms. The molecule has 0 spiro atoms. The van der Waals surface area contributed by atoms with Crippen LogP contribution in [0.5, 0.6) is 0 Å². The summed E-state index contributed by atoms with van der Waals surface area (Å²) in [4.78, 5) is 2.27. The zero-order chi connectivity index (χ0) is 14.0. The van der Waals surface area contributed by atoms with E-state index in [1.165, 1.54) is 24.8 Å². The third-order valence-electron chi connectivity index (χ3n) is 3.38. The standard InChI is InChI=1S/C15H25N.C2H6/c1-5-11-15(2,12-13-16(3)4)14-9-7-6-8-10-14;1-2/h6-10H,5,11-13H2,1-4H3;1-2H3/t15-;/m0./s1. The van der Waals surface area contributed by atoms with Gasteiger partial charge in [-0.15, -0.1) is 0 Å². The van der Waals surface area contributed by atoms with E-state index >= 15 is 0 Å². The molecule has 1 rings (SSSR count). The van der Waals surface area contributed by atoms with Crippen LogP contribution in [-0.2, 0) is 5.41 Å². The predicted molar refractivity (Wildman–Crippen MR) is 83.2 cm³/mol. The van der Waals surface area contributed by atoms with Crippen LogP contribution in [0.4, 0.5) is 0 Å². The van der Waals surface area contributed by atoms with Crippen LogP contribution < -0.4 is 0 Å². The van der Waals surface area contributed by atoms with E-state index in [1.807, 2.05) is 13.8 Å². The first-order valence-electron chi connectivity index (χ1n) is 7.29. The molecule has 0 fully saturated rings. The molecule has 0 saturated heterocycles. The molecule has 0 aliphatic carbocycles. The molecule has 1 aromatic carbocycles. The van der Waals surface area contributed by atoms with Crippen LogP contribution in [0.3, 0.4) is 0 Å². The first kappa shape index (κ1) is 17.2. The normalized spacial score (nSPS) is 13.7. The Balaban J connectivity index is 0.00000137. The fourth-order valence-corrected chi connectivity index (χ4v) is 2.28. The first-order valence-corrected chi connectivity index (χ1v) is 7.29. The van der Waals surface area contributed by atoms with E-state index in [9.17, 15) is 0 Å². The Labute approximate surface area is 114 Å². The maximum absolute atomic E-state index is 2.40. The van der Waals surface area contributed by atoms with E-state index in [0.717, 1.165) is 6.54 Å². The van der Waals surface area contributed by atoms with Gasteiger partial charge in [0, 0.05) is 0 Å². The number of nitrogens with zero attached hydrogens (tertiary/aromatic N) is 1. The van der Waals surface area contributed by atoms with Gasteiger partial charge >= 0.3 is 0 Å². The summed E-state index contributed by atoms with van der Waals surface area (Å²) in [5, 5.41) is 0. The van der Waals surface area contributed by atoms with Crippen LogP contribution in [0.1, 0.15) is 52.5 Å². The van der Waals surface area contributed by atoms with Gasteiger partial charge in [0.15, 0.2) is 0 Å². The fraction of sp³-hybridized carbons (Fsp3) is 0.647. The van der Waals surface area contributed by atoms with Gasteiger partial charge in [-0.3, -0.25) is 0 Å². The lowest BCUT2D eigenvalue weighted by molar-refractivity contribution is 0.313. The molecule has 0 unspecified atom stereocenters. The van der Waals surface area contributed by atoms with Crippen molar-refractivity contribution in [2.24, 2.45) is 0 Å². The summed E-state index contributed by atoms with van der Waals surface area (Å²) < 4.78 is 0. The Bertz CT molecular complexity index is 292. The second-order valence-corrected chi connectivity index (χ2v) is 5.23. The van der Waals surface area contributed by atoms with Crippen LogP contribution >= 0.6 is 0 Å². The zero-order valence-corrected chi connectivity index (χ0v) is 13.2. The van der Waals surface area contributed by atoms with Crippen LogP contribution in [0, 0.1) is 0 Å². The van der Waals surface area contributed by atoms with Crippen LogP contribution in [0.25, 0.3) is 0 Å². The fourth-order valence-electron chi connectivity index (χ4n) is 2.28. The van der Waals surface area contributed by atoms with E-state index in [4.69, 9.17) is 0 Å². The van der Waals surface area contributed by atoms with Gasteiger partial charge < -0.3 is 4.90 Å². The van der Waals surface area contributed by atoms with E-state index in [1.54, 1.807) is 0 Å². The summed E-state index contributed by atoms with van der Waals surface area (Å²) in [5.74, 6) is 0. The first-order chi connectivity index (χ1) is 8.58. The lowest BCUT2D eigenvalue weighted by Gasteiger charge is -2.31. The van der Waals surface area contributed by atoms with Crippen molar-refractivity contribution in [1.29, 1.82) is 0 Å². The summed E-state index contributed by atoms with van der Waals surface area (Å²) in [5.41, 5.74) is 1.82. The zero-order valence-electron chi connectivity index (χ0n) is 13.2. The highest BCUT2D eigenvalue weighted by atomic mass is 15.0. The Hall–Kier alpha value is -0.820. The Morgan fingerprint density at radius 3 is 2.00 bits per heavy atom. The molecule has 0 aliphatic heterocycles. The molecular weight excluding hydrogens is 218 g/mol. The minimum absolute atomic E-state index is 0.334. The van der Waals surface area contributed by atoms with Gasteiger partial charge in [-0.05, 0) is 44.5 Å². The second-order valence-electron chi connectivity index (χ2n) is 5.23. The molecule has 0 saturated carbocycles. The van der Waals surface area contributed by atoms with E-state index < -0.39 is 0 Å². The molecule has 0 amide bonds. The third kappa shape index (κ3) is 5.68. The van der Waals surface area contributed by atoms with Gasteiger partial charge in [0.2, 0.25) is 0 Å². The molecule has 0 N–H and O–H groups in total. The maximum Gasteiger partial charge on any atom is -0.00164 e. The Morgan fingerprint density at radius 1 is 1.00 bits per heavy atom. The van der Waals surface area contributed by atoms with Gasteiger partial charge in [-0.25, -0.2) is 0 Å². The van der Waals surface area contributed by atoms with Gasteiger partial charge in [-0.1, -0.05) is 64.4 Å². The molecule has 0 heterocycles. The molecule has 0 aliphatic rings. The van der Waals surface area contributed by atoms with Crippen molar-refractivity contribution in [2.75, 3.05) is 20.6 Å². The molecule has 1 nitrogen and oxygen atoms in total. The quantitative estimate of drug-likeness (QED) is 0.705. The monoisotopic (exact) mass is 249 g/mol. The third-order valence-corrected chi connectivity index (χ3v) is 3.38. The highest BCUT2D eigenvalue weighted by molar-refractivity contribution is 5.24. The predicted octanol–water partition coefficient (Wildman–Crippen LogP) is 4.72. The average Bonchev–Trinajstić information content (AvgIpc) is 2.40. The summed E-state index contributed by atoms with van der Waals surface area (Å²) in [6.45, 7) is 9.83. The van der Waals surface area contributed by atoms with Crippen molar-refractivity contribution >= 4 is 0 Å². The highest BCUT2D eigenvalue weighted by Crippen LogP contribution is 2.32. The van der Waals surface area contributed by atoms with Crippen molar-refractivity contribution in [3.05, 3.63) is 35.9 Å². The minimum atomic E-state index is 0.334. The molecule has 0 aromatic heterocycles. The van der Waals surface area contributed by atoms with E-state index in [-0.39, 0.29) is 0 Å². The van der Waals surface area contributed by atoms with Crippen LogP contribution in [0.15, 0.2) is 30.3 Å². The lowest BCUT2D eigenvalue weighted by atomic mass is 9.76. The van der Waals surface area contributed by atoms with Gasteiger partial charge in [-0.2, -0.15) is 0 Å². The lowest BCUT2D eigenvalue weighted by Crippen LogP contribution is -2.27. The molecule has 0 radical (unpaired) electrons. The van der Waals surface area contributed by atoms with Crippen molar-refractivity contribution in [2.45, 2.75) is 52.4 Å². The topological polar surface area (TPSA) is 3.24 Å². The van der Waals surface area contributed by atoms with Crippen molar-refractivity contribution in [3.63, 3.8) is 0 Å². The number of benzene rings is 1. The SMILES string of the molecule is CC.CCC[C@@](C)(CCN(C)C)c1ccccc1. The summed E-state index contributed by atoms with van der Waals surface area (Å²) in [6.07, 6.45) is 3.75. The van der Waals surface area contributed by atoms with Gasteiger partial charge in [0.05, 0.1) is 0 Å². The van der Waals surface area contributed by atoms with Gasteiger partial charge in [0.25, 0.3) is 0 Å². The van der Waals surface area contributed by atoms with Crippen LogP contribution in [-0.4, -0.2) is 25.5 Å². The maximum atomic E-state index is 2.40. The van der Waals surface area contributed by atoms with Gasteiger partial charge in [0.1, 0.15) is 0 Å². The smallest absolute Gasteiger partial charge is 0.00164 e.